The molecule has 1 saturated carbocycles. The van der Waals surface area contributed by atoms with E-state index in [0.717, 1.165) is 18.8 Å². The topological polar surface area (TPSA) is 46.2 Å². The molecule has 3 nitrogen and oxygen atoms in total. The Morgan fingerprint density at radius 3 is 2.54 bits per heavy atom. The number of halogens is 1. The molecule has 1 fully saturated rings. The van der Waals surface area contributed by atoms with Crippen molar-refractivity contribution < 1.29 is 8.42 Å². The third-order valence-corrected chi connectivity index (χ3v) is 4.14. The first-order valence-electron chi connectivity index (χ1n) is 4.63. The molecule has 5 heteroatoms. The Morgan fingerprint density at radius 2 is 2.15 bits per heavy atom. The minimum atomic E-state index is -3.23. The SMILES string of the molecule is CCC(CC1CC1)NS(=O)(=O)CCl. The molecule has 1 atom stereocenters. The van der Waals surface area contributed by atoms with Gasteiger partial charge in [-0.3, -0.25) is 0 Å². The quantitative estimate of drug-likeness (QED) is 0.700. The summed E-state index contributed by atoms with van der Waals surface area (Å²) < 4.78 is 24.9. The smallest absolute Gasteiger partial charge is 0.211 e. The lowest BCUT2D eigenvalue weighted by Gasteiger charge is -2.15. The number of sulfonamides is 1. The highest BCUT2D eigenvalue weighted by molar-refractivity contribution is 7.90. The lowest BCUT2D eigenvalue weighted by atomic mass is 10.1. The predicted octanol–water partition coefficient (Wildman–Crippen LogP) is 1.68. The molecule has 0 spiro atoms. The van der Waals surface area contributed by atoms with E-state index in [2.05, 4.69) is 4.72 Å². The van der Waals surface area contributed by atoms with Crippen molar-refractivity contribution in [2.45, 2.75) is 38.6 Å². The van der Waals surface area contributed by atoms with Crippen LogP contribution >= 0.6 is 11.6 Å². The highest BCUT2D eigenvalue weighted by Gasteiger charge is 2.26. The summed E-state index contributed by atoms with van der Waals surface area (Å²) in [5, 5.41) is -0.339. The van der Waals surface area contributed by atoms with Gasteiger partial charge in [0.15, 0.2) is 0 Å². The molecule has 0 aromatic heterocycles. The van der Waals surface area contributed by atoms with E-state index < -0.39 is 10.0 Å². The van der Waals surface area contributed by atoms with Crippen LogP contribution in [0, 0.1) is 5.92 Å². The maximum Gasteiger partial charge on any atom is 0.225 e. The zero-order valence-corrected chi connectivity index (χ0v) is 9.37. The van der Waals surface area contributed by atoms with Gasteiger partial charge in [-0.2, -0.15) is 0 Å². The van der Waals surface area contributed by atoms with Gasteiger partial charge >= 0.3 is 0 Å². The van der Waals surface area contributed by atoms with E-state index >= 15 is 0 Å². The summed E-state index contributed by atoms with van der Waals surface area (Å²) in [6.45, 7) is 1.99. The Hall–Kier alpha value is 0.200. The second-order valence-electron chi connectivity index (χ2n) is 3.63. The van der Waals surface area contributed by atoms with E-state index in [9.17, 15) is 8.42 Å². The molecule has 0 saturated heterocycles. The molecule has 13 heavy (non-hydrogen) atoms. The molecule has 1 N–H and O–H groups in total. The van der Waals surface area contributed by atoms with Gasteiger partial charge in [0.25, 0.3) is 0 Å². The van der Waals surface area contributed by atoms with Crippen molar-refractivity contribution in [3.8, 4) is 0 Å². The van der Waals surface area contributed by atoms with Gasteiger partial charge in [-0.1, -0.05) is 19.8 Å². The molecule has 0 bridgehead atoms. The molecule has 0 aromatic rings. The van der Waals surface area contributed by atoms with E-state index in [1.165, 1.54) is 12.8 Å². The molecular formula is C8H16ClNO2S. The fraction of sp³-hybridized carbons (Fsp3) is 1.00. The standard InChI is InChI=1S/C8H16ClNO2S/c1-2-8(5-7-3-4-7)10-13(11,12)6-9/h7-8,10H,2-6H2,1H3. The molecular weight excluding hydrogens is 210 g/mol. The van der Waals surface area contributed by atoms with E-state index in [4.69, 9.17) is 11.6 Å². The summed E-state index contributed by atoms with van der Waals surface area (Å²) in [5.41, 5.74) is 0. The Morgan fingerprint density at radius 1 is 1.54 bits per heavy atom. The van der Waals surface area contributed by atoms with Crippen LogP contribution in [0.25, 0.3) is 0 Å². The molecule has 1 aliphatic rings. The van der Waals surface area contributed by atoms with Gasteiger partial charge in [0.05, 0.1) is 0 Å². The van der Waals surface area contributed by atoms with E-state index in [0.29, 0.717) is 0 Å². The maximum atomic E-state index is 11.1. The average Bonchev–Trinajstić information content (AvgIpc) is 2.87. The Kier molecular flexibility index (Phi) is 4.01. The van der Waals surface area contributed by atoms with Gasteiger partial charge < -0.3 is 0 Å². The third-order valence-electron chi connectivity index (χ3n) is 2.30. The van der Waals surface area contributed by atoms with Crippen LogP contribution < -0.4 is 4.72 Å². The number of hydrogen-bond acceptors (Lipinski definition) is 2. The first-order valence-corrected chi connectivity index (χ1v) is 6.82. The van der Waals surface area contributed by atoms with Crippen LogP contribution in [0.3, 0.4) is 0 Å². The molecule has 0 heterocycles. The van der Waals surface area contributed by atoms with Crippen LogP contribution in [0.5, 0.6) is 0 Å². The molecule has 0 radical (unpaired) electrons. The Labute approximate surface area is 84.9 Å². The number of alkyl halides is 1. The average molecular weight is 226 g/mol. The summed E-state index contributed by atoms with van der Waals surface area (Å²) in [6.07, 6.45) is 4.30. The number of rotatable bonds is 6. The highest BCUT2D eigenvalue weighted by Crippen LogP contribution is 2.34. The van der Waals surface area contributed by atoms with Gasteiger partial charge in [-0.05, 0) is 18.8 Å². The lowest BCUT2D eigenvalue weighted by Crippen LogP contribution is -2.35. The zero-order valence-electron chi connectivity index (χ0n) is 7.79. The maximum absolute atomic E-state index is 11.1. The summed E-state index contributed by atoms with van der Waals surface area (Å²) >= 11 is 5.30. The van der Waals surface area contributed by atoms with Crippen molar-refractivity contribution in [1.29, 1.82) is 0 Å². The summed E-state index contributed by atoms with van der Waals surface area (Å²) in [5.74, 6) is 0.739. The van der Waals surface area contributed by atoms with Crippen molar-refractivity contribution in [2.75, 3.05) is 5.21 Å². The lowest BCUT2D eigenvalue weighted by molar-refractivity contribution is 0.497. The van der Waals surface area contributed by atoms with Crippen molar-refractivity contribution in [3.63, 3.8) is 0 Å². The molecule has 0 aliphatic heterocycles. The molecule has 0 amide bonds. The molecule has 0 aromatic carbocycles. The van der Waals surface area contributed by atoms with E-state index in [-0.39, 0.29) is 11.3 Å². The van der Waals surface area contributed by atoms with Gasteiger partial charge in [-0.25, -0.2) is 13.1 Å². The second-order valence-corrected chi connectivity index (χ2v) is 5.96. The monoisotopic (exact) mass is 225 g/mol. The number of hydrogen-bond donors (Lipinski definition) is 1. The highest BCUT2D eigenvalue weighted by atomic mass is 35.5. The van der Waals surface area contributed by atoms with Gasteiger partial charge in [0, 0.05) is 6.04 Å². The fourth-order valence-corrected chi connectivity index (χ4v) is 2.36. The van der Waals surface area contributed by atoms with Crippen LogP contribution in [0.4, 0.5) is 0 Å². The fourth-order valence-electron chi connectivity index (χ4n) is 1.34. The normalized spacial score (nSPS) is 20.2. The second kappa shape index (κ2) is 4.62. The van der Waals surface area contributed by atoms with Crippen LogP contribution in [0.1, 0.15) is 32.6 Å². The Balaban J connectivity index is 2.37. The van der Waals surface area contributed by atoms with Crippen LogP contribution in [-0.2, 0) is 10.0 Å². The Bertz CT molecular complexity index is 249. The van der Waals surface area contributed by atoms with Crippen LogP contribution in [0.2, 0.25) is 0 Å². The van der Waals surface area contributed by atoms with Crippen LogP contribution in [-0.4, -0.2) is 19.7 Å². The van der Waals surface area contributed by atoms with Crippen molar-refractivity contribution in [1.82, 2.24) is 4.72 Å². The first-order chi connectivity index (χ1) is 6.07. The summed E-state index contributed by atoms with van der Waals surface area (Å²) in [7, 11) is -3.23. The third kappa shape index (κ3) is 4.29. The van der Waals surface area contributed by atoms with Gasteiger partial charge in [-0.15, -0.1) is 11.6 Å². The van der Waals surface area contributed by atoms with Crippen molar-refractivity contribution in [3.05, 3.63) is 0 Å². The molecule has 1 aliphatic carbocycles. The predicted molar refractivity (Wildman–Crippen MR) is 54.2 cm³/mol. The minimum absolute atomic E-state index is 0.0799. The minimum Gasteiger partial charge on any atom is -0.211 e. The molecule has 1 rings (SSSR count). The summed E-state index contributed by atoms with van der Waals surface area (Å²) in [6, 6.07) is 0.0799. The molecule has 1 unspecified atom stereocenters. The van der Waals surface area contributed by atoms with E-state index in [1.807, 2.05) is 6.92 Å². The first kappa shape index (κ1) is 11.3. The van der Waals surface area contributed by atoms with Crippen LogP contribution in [0.15, 0.2) is 0 Å². The van der Waals surface area contributed by atoms with Crippen molar-refractivity contribution >= 4 is 21.6 Å². The largest absolute Gasteiger partial charge is 0.225 e. The zero-order chi connectivity index (χ0) is 9.90. The van der Waals surface area contributed by atoms with E-state index in [1.54, 1.807) is 0 Å². The number of nitrogens with one attached hydrogen (secondary N) is 1. The van der Waals surface area contributed by atoms with Crippen molar-refractivity contribution in [2.24, 2.45) is 5.92 Å². The van der Waals surface area contributed by atoms with Gasteiger partial charge in [0.1, 0.15) is 5.21 Å². The molecule has 78 valence electrons. The van der Waals surface area contributed by atoms with Gasteiger partial charge in [0.2, 0.25) is 10.0 Å². The summed E-state index contributed by atoms with van der Waals surface area (Å²) in [4.78, 5) is 0.